The van der Waals surface area contributed by atoms with Gasteiger partial charge in [0.05, 0.1) is 5.56 Å². The Kier molecular flexibility index (Phi) is 4.14. The predicted octanol–water partition coefficient (Wildman–Crippen LogP) is 3.10. The van der Waals surface area contributed by atoms with Crippen LogP contribution < -0.4 is 5.32 Å². The van der Waals surface area contributed by atoms with Crippen molar-refractivity contribution < 1.29 is 14.7 Å². The Hall–Kier alpha value is -2.21. The number of nitrogens with one attached hydrogen (secondary N) is 1. The van der Waals surface area contributed by atoms with E-state index in [4.69, 9.17) is 5.11 Å². The minimum Gasteiger partial charge on any atom is -0.478 e. The largest absolute Gasteiger partial charge is 0.478 e. The number of carbonyl (C=O) groups is 2. The van der Waals surface area contributed by atoms with Gasteiger partial charge in [-0.2, -0.15) is 0 Å². The van der Waals surface area contributed by atoms with Gasteiger partial charge in [0.15, 0.2) is 0 Å². The van der Waals surface area contributed by atoms with E-state index in [9.17, 15) is 9.59 Å². The molecular weight excluding hydrogens is 324 g/mol. The molecule has 0 spiro atoms. The minimum atomic E-state index is -1.03. The molecule has 1 aromatic carbocycles. The number of benzene rings is 1. The number of carbonyl (C=O) groups excluding carboxylic acids is 1. The van der Waals surface area contributed by atoms with Gasteiger partial charge in [0, 0.05) is 16.4 Å². The predicted molar refractivity (Wildman–Crippen MR) is 78.0 cm³/mol. The van der Waals surface area contributed by atoms with Crippen molar-refractivity contribution in [2.75, 3.05) is 5.32 Å². The fraction of sp³-hybridized carbons (Fsp3) is 0.0714. The van der Waals surface area contributed by atoms with Crippen molar-refractivity contribution in [2.45, 2.75) is 6.92 Å². The maximum absolute atomic E-state index is 12.0. The number of nitrogens with zero attached hydrogens (tertiary/aromatic N) is 1. The average molecular weight is 335 g/mol. The fourth-order valence-electron chi connectivity index (χ4n) is 1.67. The van der Waals surface area contributed by atoms with Crippen molar-refractivity contribution in [3.8, 4) is 0 Å². The van der Waals surface area contributed by atoms with E-state index in [1.807, 2.05) is 0 Å². The third-order valence-corrected chi connectivity index (χ3v) is 3.34. The summed E-state index contributed by atoms with van der Waals surface area (Å²) in [6.45, 7) is 1.70. The third kappa shape index (κ3) is 3.03. The lowest BCUT2D eigenvalue weighted by molar-refractivity contribution is 0.0695. The first-order valence-electron chi connectivity index (χ1n) is 5.75. The highest BCUT2D eigenvalue weighted by Crippen LogP contribution is 2.18. The Labute approximate surface area is 123 Å². The number of aromatic carboxylic acids is 1. The number of halogens is 1. The normalized spacial score (nSPS) is 10.1. The van der Waals surface area contributed by atoms with Crippen LogP contribution in [0.25, 0.3) is 0 Å². The van der Waals surface area contributed by atoms with Crippen LogP contribution in [-0.4, -0.2) is 22.0 Å². The van der Waals surface area contributed by atoms with Crippen molar-refractivity contribution in [1.29, 1.82) is 0 Å². The molecule has 2 rings (SSSR count). The maximum atomic E-state index is 12.0. The molecule has 5 nitrogen and oxygen atoms in total. The Bertz CT molecular complexity index is 686. The molecule has 6 heteroatoms. The van der Waals surface area contributed by atoms with Crippen LogP contribution in [0.4, 0.5) is 5.69 Å². The molecule has 102 valence electrons. The lowest BCUT2D eigenvalue weighted by Crippen LogP contribution is -2.15. The van der Waals surface area contributed by atoms with Crippen LogP contribution in [0.5, 0.6) is 0 Å². The molecule has 0 radical (unpaired) electrons. The van der Waals surface area contributed by atoms with Crippen LogP contribution in [0.3, 0.4) is 0 Å². The van der Waals surface area contributed by atoms with Gasteiger partial charge < -0.3 is 10.4 Å². The second kappa shape index (κ2) is 5.83. The van der Waals surface area contributed by atoms with Gasteiger partial charge in [-0.1, -0.05) is 6.07 Å². The lowest BCUT2D eigenvalue weighted by atomic mass is 10.1. The van der Waals surface area contributed by atoms with E-state index in [0.29, 0.717) is 15.7 Å². The lowest BCUT2D eigenvalue weighted by Gasteiger charge is -2.08. The molecule has 1 aromatic heterocycles. The van der Waals surface area contributed by atoms with Crippen LogP contribution >= 0.6 is 15.9 Å². The number of hydrogen-bond acceptors (Lipinski definition) is 3. The summed E-state index contributed by atoms with van der Waals surface area (Å²) in [7, 11) is 0. The highest BCUT2D eigenvalue weighted by molar-refractivity contribution is 9.10. The van der Waals surface area contributed by atoms with E-state index in [1.165, 1.54) is 12.3 Å². The molecule has 0 bridgehead atoms. The number of rotatable bonds is 3. The molecule has 2 N–H and O–H groups in total. The number of amides is 1. The van der Waals surface area contributed by atoms with E-state index < -0.39 is 11.9 Å². The molecule has 0 aliphatic carbocycles. The van der Waals surface area contributed by atoms with E-state index >= 15 is 0 Å². The maximum Gasteiger partial charge on any atom is 0.336 e. The van der Waals surface area contributed by atoms with Crippen LogP contribution in [0.15, 0.2) is 41.0 Å². The summed E-state index contributed by atoms with van der Waals surface area (Å²) in [5, 5.41) is 11.7. The van der Waals surface area contributed by atoms with Gasteiger partial charge in [-0.05, 0) is 52.7 Å². The Morgan fingerprint density at radius 3 is 2.70 bits per heavy atom. The summed E-state index contributed by atoms with van der Waals surface area (Å²) in [5.41, 5.74) is 1.44. The Balaban J connectivity index is 2.27. The molecule has 0 aliphatic rings. The van der Waals surface area contributed by atoms with E-state index in [2.05, 4.69) is 26.2 Å². The number of hydrogen-bond donors (Lipinski definition) is 2. The average Bonchev–Trinajstić information content (AvgIpc) is 2.41. The zero-order valence-electron chi connectivity index (χ0n) is 10.6. The Morgan fingerprint density at radius 2 is 2.05 bits per heavy atom. The van der Waals surface area contributed by atoms with Gasteiger partial charge in [0.25, 0.3) is 5.91 Å². The van der Waals surface area contributed by atoms with Gasteiger partial charge >= 0.3 is 5.97 Å². The quantitative estimate of drug-likeness (QED) is 0.903. The first-order valence-corrected chi connectivity index (χ1v) is 6.54. The SMILES string of the molecule is Cc1ccc(NC(=O)c2ncccc2Br)cc1C(=O)O. The van der Waals surface area contributed by atoms with Crippen molar-refractivity contribution in [3.05, 3.63) is 57.8 Å². The molecule has 0 aliphatic heterocycles. The molecule has 0 fully saturated rings. The van der Waals surface area contributed by atoms with Gasteiger partial charge in [-0.25, -0.2) is 9.78 Å². The molecule has 1 heterocycles. The summed E-state index contributed by atoms with van der Waals surface area (Å²) in [4.78, 5) is 27.1. The van der Waals surface area contributed by atoms with Crippen LogP contribution in [0, 0.1) is 6.92 Å². The molecule has 0 unspecified atom stereocenters. The van der Waals surface area contributed by atoms with E-state index in [-0.39, 0.29) is 11.3 Å². The van der Waals surface area contributed by atoms with Crippen molar-refractivity contribution in [1.82, 2.24) is 4.98 Å². The monoisotopic (exact) mass is 334 g/mol. The highest BCUT2D eigenvalue weighted by atomic mass is 79.9. The number of anilines is 1. The molecule has 0 saturated heterocycles. The van der Waals surface area contributed by atoms with Gasteiger partial charge in [-0.3, -0.25) is 4.79 Å². The summed E-state index contributed by atoms with van der Waals surface area (Å²) < 4.78 is 0.572. The van der Waals surface area contributed by atoms with Crippen LogP contribution in [-0.2, 0) is 0 Å². The number of aromatic nitrogens is 1. The molecule has 2 aromatic rings. The highest BCUT2D eigenvalue weighted by Gasteiger charge is 2.13. The van der Waals surface area contributed by atoms with Gasteiger partial charge in [0.2, 0.25) is 0 Å². The third-order valence-electron chi connectivity index (χ3n) is 2.70. The van der Waals surface area contributed by atoms with Crippen molar-refractivity contribution in [3.63, 3.8) is 0 Å². The Morgan fingerprint density at radius 1 is 1.30 bits per heavy atom. The molecular formula is C14H11BrN2O3. The molecule has 0 atom stereocenters. The summed E-state index contributed by atoms with van der Waals surface area (Å²) in [6.07, 6.45) is 1.51. The summed E-state index contributed by atoms with van der Waals surface area (Å²) in [5.74, 6) is -1.43. The first-order chi connectivity index (χ1) is 9.49. The standard InChI is InChI=1S/C14H11BrN2O3/c1-8-4-5-9(7-10(8)14(19)20)17-13(18)12-11(15)3-2-6-16-12/h2-7H,1H3,(H,17,18)(H,19,20). The van der Waals surface area contributed by atoms with Crippen molar-refractivity contribution >= 4 is 33.5 Å². The van der Waals surface area contributed by atoms with Crippen molar-refractivity contribution in [2.24, 2.45) is 0 Å². The number of pyridine rings is 1. The second-order valence-corrected chi connectivity index (χ2v) is 4.98. The molecule has 0 saturated carbocycles. The minimum absolute atomic E-state index is 0.155. The van der Waals surface area contributed by atoms with E-state index in [1.54, 1.807) is 31.2 Å². The topological polar surface area (TPSA) is 79.3 Å². The molecule has 20 heavy (non-hydrogen) atoms. The van der Waals surface area contributed by atoms with Gasteiger partial charge in [-0.15, -0.1) is 0 Å². The zero-order chi connectivity index (χ0) is 14.7. The smallest absolute Gasteiger partial charge is 0.336 e. The van der Waals surface area contributed by atoms with E-state index in [0.717, 1.165) is 0 Å². The summed E-state index contributed by atoms with van der Waals surface area (Å²) >= 11 is 3.24. The zero-order valence-corrected chi connectivity index (χ0v) is 12.1. The van der Waals surface area contributed by atoms with Gasteiger partial charge in [0.1, 0.15) is 5.69 Å². The number of aryl methyl sites for hydroxylation is 1. The fourth-order valence-corrected chi connectivity index (χ4v) is 2.11. The summed E-state index contributed by atoms with van der Waals surface area (Å²) in [6, 6.07) is 8.13. The number of carboxylic acids is 1. The number of carboxylic acid groups (broad SMARTS) is 1. The first kappa shape index (κ1) is 14.2. The second-order valence-electron chi connectivity index (χ2n) is 4.12. The molecule has 1 amide bonds. The van der Waals surface area contributed by atoms with Crippen LogP contribution in [0.1, 0.15) is 26.4 Å². The van der Waals surface area contributed by atoms with Crippen LogP contribution in [0.2, 0.25) is 0 Å².